The van der Waals surface area contributed by atoms with Crippen LogP contribution in [0.1, 0.15) is 10.4 Å². The highest BCUT2D eigenvalue weighted by Crippen LogP contribution is 2.00. The Kier molecular flexibility index (Phi) is 3.92. The number of halogens is 1. The molecule has 0 bridgehead atoms. The molecular formula is C9H9FO3. The minimum Gasteiger partial charge on any atom is -0.293 e. The zero-order valence-corrected chi connectivity index (χ0v) is 6.90. The van der Waals surface area contributed by atoms with Crippen LogP contribution in [-0.4, -0.2) is 19.3 Å². The molecule has 1 rings (SSSR count). The van der Waals surface area contributed by atoms with Crippen molar-refractivity contribution in [2.24, 2.45) is 0 Å². The fourth-order valence-electron chi connectivity index (χ4n) is 0.749. The van der Waals surface area contributed by atoms with Gasteiger partial charge in [0, 0.05) is 0 Å². The van der Waals surface area contributed by atoms with Gasteiger partial charge in [0.1, 0.15) is 13.3 Å². The average molecular weight is 184 g/mol. The highest BCUT2D eigenvalue weighted by Gasteiger charge is 2.06. The van der Waals surface area contributed by atoms with Gasteiger partial charge < -0.3 is 0 Å². The quantitative estimate of drug-likeness (QED) is 0.406. The Labute approximate surface area is 75.0 Å². The van der Waals surface area contributed by atoms with Crippen LogP contribution in [0.2, 0.25) is 0 Å². The van der Waals surface area contributed by atoms with Crippen LogP contribution in [0.15, 0.2) is 30.3 Å². The van der Waals surface area contributed by atoms with Crippen LogP contribution < -0.4 is 0 Å². The highest BCUT2D eigenvalue weighted by molar-refractivity contribution is 5.88. The summed E-state index contributed by atoms with van der Waals surface area (Å²) in [7, 11) is 0. The Balaban J connectivity index is 2.40. The van der Waals surface area contributed by atoms with E-state index in [9.17, 15) is 9.18 Å². The third-order valence-electron chi connectivity index (χ3n) is 1.30. The number of hydrogen-bond donors (Lipinski definition) is 0. The maximum Gasteiger partial charge on any atom is 0.373 e. The summed E-state index contributed by atoms with van der Waals surface area (Å²) in [6, 6.07) is 8.35. The molecule has 3 nitrogen and oxygen atoms in total. The summed E-state index contributed by atoms with van der Waals surface area (Å²) in [6.45, 7) is -0.916. The Bertz CT molecular complexity index is 261. The summed E-state index contributed by atoms with van der Waals surface area (Å²) in [5.41, 5.74) is 0.376. The summed E-state index contributed by atoms with van der Waals surface area (Å²) < 4.78 is 11.5. The van der Waals surface area contributed by atoms with Crippen molar-refractivity contribution in [3.8, 4) is 0 Å². The zero-order chi connectivity index (χ0) is 9.52. The first-order chi connectivity index (χ1) is 6.34. The summed E-state index contributed by atoms with van der Waals surface area (Å²) in [6.07, 6.45) is 0. The molecule has 13 heavy (non-hydrogen) atoms. The molecule has 4 heteroatoms. The second kappa shape index (κ2) is 5.27. The van der Waals surface area contributed by atoms with E-state index in [0.29, 0.717) is 5.56 Å². The maximum atomic E-state index is 11.5. The summed E-state index contributed by atoms with van der Waals surface area (Å²) >= 11 is 0. The van der Waals surface area contributed by atoms with Crippen LogP contribution in [-0.2, 0) is 9.78 Å². The van der Waals surface area contributed by atoms with E-state index in [1.165, 1.54) is 0 Å². The molecule has 0 saturated heterocycles. The van der Waals surface area contributed by atoms with Crippen molar-refractivity contribution in [2.45, 2.75) is 0 Å². The molecule has 0 aliphatic heterocycles. The molecule has 0 aliphatic carbocycles. The molecule has 0 amide bonds. The molecule has 0 saturated carbocycles. The van der Waals surface area contributed by atoms with Crippen molar-refractivity contribution in [3.63, 3.8) is 0 Å². The SMILES string of the molecule is O=C(OOCCF)c1ccccc1. The number of rotatable bonds is 4. The van der Waals surface area contributed by atoms with Gasteiger partial charge in [0.25, 0.3) is 0 Å². The molecule has 0 unspecified atom stereocenters. The fourth-order valence-corrected chi connectivity index (χ4v) is 0.749. The topological polar surface area (TPSA) is 35.5 Å². The number of carbonyl (C=O) groups excluding carboxylic acids is 1. The van der Waals surface area contributed by atoms with Gasteiger partial charge in [-0.1, -0.05) is 18.2 Å². The third kappa shape index (κ3) is 3.21. The van der Waals surface area contributed by atoms with Crippen LogP contribution in [0, 0.1) is 0 Å². The lowest BCUT2D eigenvalue weighted by Gasteiger charge is -2.00. The first-order valence-electron chi connectivity index (χ1n) is 3.79. The molecular weight excluding hydrogens is 175 g/mol. The van der Waals surface area contributed by atoms with E-state index in [1.54, 1.807) is 30.3 Å². The molecule has 0 aromatic heterocycles. The van der Waals surface area contributed by atoms with E-state index >= 15 is 0 Å². The van der Waals surface area contributed by atoms with E-state index in [0.717, 1.165) is 0 Å². The Morgan fingerprint density at radius 1 is 1.31 bits per heavy atom. The Hall–Kier alpha value is -1.42. The van der Waals surface area contributed by atoms with Gasteiger partial charge in [-0.05, 0) is 12.1 Å². The minimum absolute atomic E-state index is 0.238. The predicted octanol–water partition coefficient (Wildman–Crippen LogP) is 1.74. The van der Waals surface area contributed by atoms with Crippen molar-refractivity contribution >= 4 is 5.97 Å². The summed E-state index contributed by atoms with van der Waals surface area (Å²) in [4.78, 5) is 19.6. The third-order valence-corrected chi connectivity index (χ3v) is 1.30. The molecule has 0 aliphatic rings. The van der Waals surface area contributed by atoms with E-state index in [2.05, 4.69) is 9.78 Å². The van der Waals surface area contributed by atoms with Crippen molar-refractivity contribution in [1.82, 2.24) is 0 Å². The smallest absolute Gasteiger partial charge is 0.293 e. The van der Waals surface area contributed by atoms with Crippen molar-refractivity contribution in [3.05, 3.63) is 35.9 Å². The number of hydrogen-bond acceptors (Lipinski definition) is 3. The van der Waals surface area contributed by atoms with Crippen molar-refractivity contribution in [1.29, 1.82) is 0 Å². The number of benzene rings is 1. The van der Waals surface area contributed by atoms with E-state index in [4.69, 9.17) is 0 Å². The van der Waals surface area contributed by atoms with E-state index in [1.807, 2.05) is 0 Å². The summed E-state index contributed by atoms with van der Waals surface area (Å²) in [5, 5.41) is 0. The molecule has 0 N–H and O–H groups in total. The molecule has 0 spiro atoms. The lowest BCUT2D eigenvalue weighted by molar-refractivity contribution is -0.242. The van der Waals surface area contributed by atoms with Crippen molar-refractivity contribution < 1.29 is 19.0 Å². The second-order valence-electron chi connectivity index (χ2n) is 2.25. The normalized spacial score (nSPS) is 9.62. The first kappa shape index (κ1) is 9.67. The maximum absolute atomic E-state index is 11.5. The number of carbonyl (C=O) groups is 1. The Morgan fingerprint density at radius 2 is 2.00 bits per heavy atom. The van der Waals surface area contributed by atoms with Gasteiger partial charge in [-0.25, -0.2) is 9.18 Å². The van der Waals surface area contributed by atoms with E-state index in [-0.39, 0.29) is 6.61 Å². The molecule has 1 aromatic carbocycles. The van der Waals surface area contributed by atoms with E-state index < -0.39 is 12.6 Å². The van der Waals surface area contributed by atoms with Crippen molar-refractivity contribution in [2.75, 3.05) is 13.3 Å². The van der Waals surface area contributed by atoms with Gasteiger partial charge in [-0.2, -0.15) is 4.89 Å². The van der Waals surface area contributed by atoms with Crippen LogP contribution in [0.3, 0.4) is 0 Å². The lowest BCUT2D eigenvalue weighted by atomic mass is 10.2. The van der Waals surface area contributed by atoms with Gasteiger partial charge in [-0.15, -0.1) is 0 Å². The van der Waals surface area contributed by atoms with Gasteiger partial charge in [0.05, 0.1) is 5.56 Å². The van der Waals surface area contributed by atoms with Gasteiger partial charge in [0.2, 0.25) is 0 Å². The van der Waals surface area contributed by atoms with Crippen LogP contribution in [0.4, 0.5) is 4.39 Å². The lowest BCUT2D eigenvalue weighted by Crippen LogP contribution is -2.07. The minimum atomic E-state index is -0.679. The zero-order valence-electron chi connectivity index (χ0n) is 6.90. The van der Waals surface area contributed by atoms with Gasteiger partial charge in [-0.3, -0.25) is 4.89 Å². The highest BCUT2D eigenvalue weighted by atomic mass is 19.1. The van der Waals surface area contributed by atoms with Gasteiger partial charge in [0.15, 0.2) is 0 Å². The van der Waals surface area contributed by atoms with Crippen LogP contribution >= 0.6 is 0 Å². The van der Waals surface area contributed by atoms with Crippen LogP contribution in [0.25, 0.3) is 0 Å². The second-order valence-corrected chi connectivity index (χ2v) is 2.25. The molecule has 0 atom stereocenters. The largest absolute Gasteiger partial charge is 0.373 e. The molecule has 0 heterocycles. The first-order valence-corrected chi connectivity index (χ1v) is 3.79. The summed E-state index contributed by atoms with van der Waals surface area (Å²) in [5.74, 6) is -0.617. The monoisotopic (exact) mass is 184 g/mol. The van der Waals surface area contributed by atoms with Gasteiger partial charge >= 0.3 is 5.97 Å². The molecule has 0 fully saturated rings. The molecule has 0 radical (unpaired) electrons. The Morgan fingerprint density at radius 3 is 2.62 bits per heavy atom. The average Bonchev–Trinajstić information content (AvgIpc) is 2.19. The van der Waals surface area contributed by atoms with Crippen LogP contribution in [0.5, 0.6) is 0 Å². The number of alkyl halides is 1. The molecule has 1 aromatic rings. The molecule has 70 valence electrons. The standard InChI is InChI=1S/C9H9FO3/c10-6-7-12-13-9(11)8-4-2-1-3-5-8/h1-5H,6-7H2. The fraction of sp³-hybridized carbons (Fsp3) is 0.222. The predicted molar refractivity (Wildman–Crippen MR) is 43.8 cm³/mol.